The third kappa shape index (κ3) is 7.52. The molecular formula is C11H21N. The average Bonchev–Trinajstić information content (AvgIpc) is 2.10. The quantitative estimate of drug-likeness (QED) is 0.424. The molecule has 0 amide bonds. The minimum Gasteiger partial charge on any atom is -0.293 e. The first-order valence-electron chi connectivity index (χ1n) is 4.96. The van der Waals surface area contributed by atoms with Gasteiger partial charge >= 0.3 is 0 Å². The summed E-state index contributed by atoms with van der Waals surface area (Å²) < 4.78 is 0. The molecule has 0 saturated heterocycles. The van der Waals surface area contributed by atoms with Crippen molar-refractivity contribution in [2.75, 3.05) is 6.54 Å². The van der Waals surface area contributed by atoms with Crippen molar-refractivity contribution in [3.8, 4) is 0 Å². The van der Waals surface area contributed by atoms with Crippen molar-refractivity contribution in [2.45, 2.75) is 40.0 Å². The van der Waals surface area contributed by atoms with Crippen molar-refractivity contribution < 1.29 is 0 Å². The molecule has 0 aromatic heterocycles. The van der Waals surface area contributed by atoms with Crippen LogP contribution in [-0.4, -0.2) is 12.8 Å². The van der Waals surface area contributed by atoms with E-state index in [1.807, 2.05) is 0 Å². The lowest BCUT2D eigenvalue weighted by molar-refractivity contribution is 0.752. The van der Waals surface area contributed by atoms with Crippen molar-refractivity contribution in [1.82, 2.24) is 0 Å². The Bertz CT molecular complexity index is 136. The highest BCUT2D eigenvalue weighted by molar-refractivity contribution is 5.60. The van der Waals surface area contributed by atoms with Crippen LogP contribution in [0.2, 0.25) is 0 Å². The minimum atomic E-state index is 0.629. The van der Waals surface area contributed by atoms with Crippen LogP contribution in [0.4, 0.5) is 0 Å². The molecule has 1 nitrogen and oxygen atoms in total. The van der Waals surface area contributed by atoms with Gasteiger partial charge in [-0.05, 0) is 18.8 Å². The standard InChI is InChI=1S/C11H21N/c1-4-6-7-8-9-12-10-11(3)5-2/h7-8,10-11H,4-6,9H2,1-3H3/b8-7-,12-10?. The maximum absolute atomic E-state index is 4.30. The number of allylic oxidation sites excluding steroid dienone is 1. The highest BCUT2D eigenvalue weighted by Gasteiger charge is 1.89. The SMILES string of the molecule is CCC/C=C\CN=CC(C)CC. The fraction of sp³-hybridized carbons (Fsp3) is 0.727. The monoisotopic (exact) mass is 167 g/mol. The number of hydrogen-bond acceptors (Lipinski definition) is 1. The molecule has 0 rings (SSSR count). The van der Waals surface area contributed by atoms with Gasteiger partial charge in [-0.25, -0.2) is 0 Å². The minimum absolute atomic E-state index is 0.629. The molecule has 1 heteroatoms. The van der Waals surface area contributed by atoms with E-state index in [1.54, 1.807) is 0 Å². The number of nitrogens with zero attached hydrogens (tertiary/aromatic N) is 1. The van der Waals surface area contributed by atoms with Crippen molar-refractivity contribution in [3.05, 3.63) is 12.2 Å². The first kappa shape index (κ1) is 11.4. The number of aliphatic imine (C=N–C) groups is 1. The Morgan fingerprint density at radius 2 is 2.00 bits per heavy atom. The fourth-order valence-corrected chi connectivity index (χ4v) is 0.766. The topological polar surface area (TPSA) is 12.4 Å². The summed E-state index contributed by atoms with van der Waals surface area (Å²) in [7, 11) is 0. The van der Waals surface area contributed by atoms with Crippen molar-refractivity contribution in [2.24, 2.45) is 10.9 Å². The maximum atomic E-state index is 4.30. The normalized spacial score (nSPS) is 14.6. The van der Waals surface area contributed by atoms with Gasteiger partial charge in [0, 0.05) is 6.21 Å². The van der Waals surface area contributed by atoms with Crippen LogP contribution in [0.15, 0.2) is 17.1 Å². The molecule has 1 atom stereocenters. The van der Waals surface area contributed by atoms with E-state index in [4.69, 9.17) is 0 Å². The van der Waals surface area contributed by atoms with Crippen LogP contribution in [0, 0.1) is 5.92 Å². The Morgan fingerprint density at radius 1 is 1.25 bits per heavy atom. The van der Waals surface area contributed by atoms with Gasteiger partial charge in [0.2, 0.25) is 0 Å². The lowest BCUT2D eigenvalue weighted by atomic mass is 10.1. The molecule has 0 aliphatic carbocycles. The molecule has 0 aliphatic heterocycles. The Hall–Kier alpha value is -0.590. The van der Waals surface area contributed by atoms with Crippen molar-refractivity contribution in [1.29, 1.82) is 0 Å². The van der Waals surface area contributed by atoms with Crippen LogP contribution in [0.1, 0.15) is 40.0 Å². The Kier molecular flexibility index (Phi) is 8.09. The lowest BCUT2D eigenvalue weighted by Gasteiger charge is -1.96. The summed E-state index contributed by atoms with van der Waals surface area (Å²) in [5.41, 5.74) is 0. The predicted molar refractivity (Wildman–Crippen MR) is 56.9 cm³/mol. The second kappa shape index (κ2) is 8.51. The van der Waals surface area contributed by atoms with Gasteiger partial charge in [0.05, 0.1) is 6.54 Å². The number of unbranched alkanes of at least 4 members (excludes halogenated alkanes) is 1. The van der Waals surface area contributed by atoms with Crippen LogP contribution < -0.4 is 0 Å². The zero-order valence-corrected chi connectivity index (χ0v) is 8.59. The molecule has 1 unspecified atom stereocenters. The average molecular weight is 167 g/mol. The summed E-state index contributed by atoms with van der Waals surface area (Å²) in [4.78, 5) is 4.30. The summed E-state index contributed by atoms with van der Waals surface area (Å²) in [6.45, 7) is 7.42. The molecule has 0 spiro atoms. The molecule has 0 aliphatic rings. The number of hydrogen-bond donors (Lipinski definition) is 0. The van der Waals surface area contributed by atoms with Crippen LogP contribution >= 0.6 is 0 Å². The molecule has 0 bridgehead atoms. The molecule has 0 aromatic rings. The zero-order valence-electron chi connectivity index (χ0n) is 8.59. The Labute approximate surface area is 76.6 Å². The molecule has 12 heavy (non-hydrogen) atoms. The van der Waals surface area contributed by atoms with Gasteiger partial charge < -0.3 is 0 Å². The number of rotatable bonds is 6. The van der Waals surface area contributed by atoms with Gasteiger partial charge in [0.25, 0.3) is 0 Å². The van der Waals surface area contributed by atoms with E-state index in [0.717, 1.165) is 6.54 Å². The van der Waals surface area contributed by atoms with Gasteiger partial charge in [0.1, 0.15) is 0 Å². The van der Waals surface area contributed by atoms with Crippen LogP contribution in [0.5, 0.6) is 0 Å². The highest BCUT2D eigenvalue weighted by Crippen LogP contribution is 1.95. The van der Waals surface area contributed by atoms with Gasteiger partial charge in [-0.3, -0.25) is 4.99 Å². The van der Waals surface area contributed by atoms with Crippen LogP contribution in [-0.2, 0) is 0 Å². The second-order valence-corrected chi connectivity index (χ2v) is 3.16. The molecule has 0 fully saturated rings. The molecule has 0 aromatic carbocycles. The first-order valence-corrected chi connectivity index (χ1v) is 4.96. The molecule has 0 heterocycles. The molecule has 0 radical (unpaired) electrons. The smallest absolute Gasteiger partial charge is 0.0566 e. The Balaban J connectivity index is 3.35. The van der Waals surface area contributed by atoms with E-state index in [2.05, 4.69) is 44.1 Å². The van der Waals surface area contributed by atoms with Crippen LogP contribution in [0.3, 0.4) is 0 Å². The van der Waals surface area contributed by atoms with Gasteiger partial charge in [-0.1, -0.05) is 39.3 Å². The molecule has 0 saturated carbocycles. The first-order chi connectivity index (χ1) is 5.81. The van der Waals surface area contributed by atoms with E-state index in [0.29, 0.717) is 5.92 Å². The maximum Gasteiger partial charge on any atom is 0.0566 e. The van der Waals surface area contributed by atoms with Crippen molar-refractivity contribution in [3.63, 3.8) is 0 Å². The predicted octanol–water partition coefficient (Wildman–Crippen LogP) is 3.46. The largest absolute Gasteiger partial charge is 0.293 e. The third-order valence-electron chi connectivity index (χ3n) is 1.84. The lowest BCUT2D eigenvalue weighted by Crippen LogP contribution is -1.92. The van der Waals surface area contributed by atoms with E-state index < -0.39 is 0 Å². The summed E-state index contributed by atoms with van der Waals surface area (Å²) in [5, 5.41) is 0. The van der Waals surface area contributed by atoms with E-state index in [-0.39, 0.29) is 0 Å². The van der Waals surface area contributed by atoms with E-state index in [1.165, 1.54) is 19.3 Å². The summed E-state index contributed by atoms with van der Waals surface area (Å²) >= 11 is 0. The fourth-order valence-electron chi connectivity index (χ4n) is 0.766. The van der Waals surface area contributed by atoms with E-state index >= 15 is 0 Å². The second-order valence-electron chi connectivity index (χ2n) is 3.16. The van der Waals surface area contributed by atoms with Gasteiger partial charge in [-0.15, -0.1) is 0 Å². The summed E-state index contributed by atoms with van der Waals surface area (Å²) in [6, 6.07) is 0. The van der Waals surface area contributed by atoms with Crippen LogP contribution in [0.25, 0.3) is 0 Å². The van der Waals surface area contributed by atoms with Gasteiger partial charge in [-0.2, -0.15) is 0 Å². The summed E-state index contributed by atoms with van der Waals surface area (Å²) in [6.07, 6.45) is 9.99. The summed E-state index contributed by atoms with van der Waals surface area (Å²) in [5.74, 6) is 0.629. The van der Waals surface area contributed by atoms with E-state index in [9.17, 15) is 0 Å². The zero-order chi connectivity index (χ0) is 9.23. The molecule has 70 valence electrons. The Morgan fingerprint density at radius 3 is 2.58 bits per heavy atom. The van der Waals surface area contributed by atoms with Gasteiger partial charge in [0.15, 0.2) is 0 Å². The highest BCUT2D eigenvalue weighted by atomic mass is 14.7. The molecular weight excluding hydrogens is 146 g/mol. The third-order valence-corrected chi connectivity index (χ3v) is 1.84. The van der Waals surface area contributed by atoms with Crippen molar-refractivity contribution >= 4 is 6.21 Å². The molecule has 0 N–H and O–H groups in total.